The normalized spacial score (nSPS) is 13.7. The van der Waals surface area contributed by atoms with Crippen LogP contribution in [0.25, 0.3) is 5.57 Å². The van der Waals surface area contributed by atoms with Gasteiger partial charge >= 0.3 is 0 Å². The van der Waals surface area contributed by atoms with Gasteiger partial charge in [-0.2, -0.15) is 0 Å². The fourth-order valence-electron chi connectivity index (χ4n) is 1.39. The minimum atomic E-state index is 0.580. The van der Waals surface area contributed by atoms with Crippen molar-refractivity contribution in [3.63, 3.8) is 0 Å². The van der Waals surface area contributed by atoms with E-state index < -0.39 is 0 Å². The molecule has 1 aromatic heterocycles. The predicted molar refractivity (Wildman–Crippen MR) is 65.4 cm³/mol. The van der Waals surface area contributed by atoms with E-state index >= 15 is 0 Å². The van der Waals surface area contributed by atoms with Gasteiger partial charge in [0.2, 0.25) is 0 Å². The quantitative estimate of drug-likeness (QED) is 0.749. The van der Waals surface area contributed by atoms with Gasteiger partial charge in [0.25, 0.3) is 0 Å². The molecule has 1 heterocycles. The van der Waals surface area contributed by atoms with E-state index in [0.29, 0.717) is 6.04 Å². The highest BCUT2D eigenvalue weighted by molar-refractivity contribution is 5.62. The molecular formula is C13H20N2. The number of rotatable bonds is 4. The number of allylic oxidation sites excluding steroid dienone is 1. The third-order valence-corrected chi connectivity index (χ3v) is 2.80. The zero-order chi connectivity index (χ0) is 11.3. The van der Waals surface area contributed by atoms with Gasteiger partial charge in [0.1, 0.15) is 0 Å². The molecule has 1 rings (SSSR count). The summed E-state index contributed by atoms with van der Waals surface area (Å²) in [5.74, 6) is 0. The van der Waals surface area contributed by atoms with E-state index in [-0.39, 0.29) is 0 Å². The third kappa shape index (κ3) is 3.39. The number of pyridine rings is 1. The van der Waals surface area contributed by atoms with Crippen molar-refractivity contribution in [1.82, 2.24) is 9.88 Å². The predicted octanol–water partition coefficient (Wildman–Crippen LogP) is 3.17. The summed E-state index contributed by atoms with van der Waals surface area (Å²) in [5.41, 5.74) is 2.44. The maximum Gasteiger partial charge on any atom is 0.0343 e. The largest absolute Gasteiger partial charge is 0.377 e. The number of hydrogen-bond donors (Lipinski definition) is 0. The summed E-state index contributed by atoms with van der Waals surface area (Å²) >= 11 is 0. The Balaban J connectivity index is 2.76. The van der Waals surface area contributed by atoms with Gasteiger partial charge in [0, 0.05) is 31.7 Å². The molecular weight excluding hydrogens is 184 g/mol. The summed E-state index contributed by atoms with van der Waals surface area (Å²) in [4.78, 5) is 6.37. The van der Waals surface area contributed by atoms with Crippen molar-refractivity contribution in [1.29, 1.82) is 0 Å². The van der Waals surface area contributed by atoms with Gasteiger partial charge in [-0.15, -0.1) is 0 Å². The Kier molecular flexibility index (Phi) is 4.35. The first-order valence-corrected chi connectivity index (χ1v) is 5.46. The van der Waals surface area contributed by atoms with Crippen LogP contribution >= 0.6 is 0 Å². The molecule has 0 aliphatic rings. The number of hydrogen-bond acceptors (Lipinski definition) is 2. The topological polar surface area (TPSA) is 16.1 Å². The van der Waals surface area contributed by atoms with Crippen LogP contribution in [0.4, 0.5) is 0 Å². The van der Waals surface area contributed by atoms with Crippen LogP contribution in [0.5, 0.6) is 0 Å². The maximum absolute atomic E-state index is 4.12. The van der Waals surface area contributed by atoms with Crippen molar-refractivity contribution in [2.45, 2.75) is 33.2 Å². The highest BCUT2D eigenvalue weighted by Crippen LogP contribution is 2.13. The molecule has 0 amide bonds. The molecule has 0 saturated carbocycles. The van der Waals surface area contributed by atoms with Gasteiger partial charge in [-0.1, -0.05) is 13.0 Å². The van der Waals surface area contributed by atoms with Crippen LogP contribution in [0.1, 0.15) is 32.8 Å². The van der Waals surface area contributed by atoms with Crippen LogP contribution in [0.15, 0.2) is 30.7 Å². The van der Waals surface area contributed by atoms with E-state index in [1.165, 1.54) is 11.1 Å². The van der Waals surface area contributed by atoms with Crippen molar-refractivity contribution in [2.24, 2.45) is 0 Å². The molecule has 82 valence electrons. The first-order valence-electron chi connectivity index (χ1n) is 5.46. The summed E-state index contributed by atoms with van der Waals surface area (Å²) in [6, 6.07) is 4.63. The molecule has 0 radical (unpaired) electrons. The lowest BCUT2D eigenvalue weighted by atomic mass is 10.1. The monoisotopic (exact) mass is 204 g/mol. The lowest BCUT2D eigenvalue weighted by molar-refractivity contribution is 0.344. The molecule has 1 aromatic rings. The minimum absolute atomic E-state index is 0.580. The Bertz CT molecular complexity index is 317. The highest BCUT2D eigenvalue weighted by Gasteiger charge is 2.03. The van der Waals surface area contributed by atoms with Crippen LogP contribution in [0, 0.1) is 0 Å². The van der Waals surface area contributed by atoms with Crippen LogP contribution < -0.4 is 0 Å². The van der Waals surface area contributed by atoms with Crippen molar-refractivity contribution in [3.8, 4) is 0 Å². The lowest BCUT2D eigenvalue weighted by Crippen LogP contribution is -2.22. The molecule has 15 heavy (non-hydrogen) atoms. The average molecular weight is 204 g/mol. The van der Waals surface area contributed by atoms with Gasteiger partial charge in [0.15, 0.2) is 0 Å². The fourth-order valence-corrected chi connectivity index (χ4v) is 1.39. The summed E-state index contributed by atoms with van der Waals surface area (Å²) in [5, 5.41) is 0. The molecule has 0 aliphatic carbocycles. The van der Waals surface area contributed by atoms with Gasteiger partial charge in [-0.3, -0.25) is 4.98 Å². The van der Waals surface area contributed by atoms with Crippen LogP contribution in [0.2, 0.25) is 0 Å². The van der Waals surface area contributed by atoms with Gasteiger partial charge in [0.05, 0.1) is 0 Å². The summed E-state index contributed by atoms with van der Waals surface area (Å²) in [6.45, 7) is 6.55. The third-order valence-electron chi connectivity index (χ3n) is 2.80. The van der Waals surface area contributed by atoms with E-state index in [9.17, 15) is 0 Å². The van der Waals surface area contributed by atoms with Crippen LogP contribution in [0.3, 0.4) is 0 Å². The minimum Gasteiger partial charge on any atom is -0.377 e. The molecule has 1 unspecified atom stereocenters. The second kappa shape index (κ2) is 5.54. The summed E-state index contributed by atoms with van der Waals surface area (Å²) in [7, 11) is 2.12. The van der Waals surface area contributed by atoms with E-state index in [4.69, 9.17) is 0 Å². The van der Waals surface area contributed by atoms with Crippen molar-refractivity contribution in [3.05, 3.63) is 36.3 Å². The lowest BCUT2D eigenvalue weighted by Gasteiger charge is -2.22. The second-order valence-electron chi connectivity index (χ2n) is 3.98. The first-order chi connectivity index (χ1) is 7.15. The first kappa shape index (κ1) is 11.8. The Morgan fingerprint density at radius 2 is 2.33 bits per heavy atom. The maximum atomic E-state index is 4.12. The van der Waals surface area contributed by atoms with E-state index in [1.54, 1.807) is 6.20 Å². The fraction of sp³-hybridized carbons (Fsp3) is 0.462. The summed E-state index contributed by atoms with van der Waals surface area (Å²) in [6.07, 6.45) is 7.05. The zero-order valence-electron chi connectivity index (χ0n) is 10.1. The van der Waals surface area contributed by atoms with E-state index in [1.807, 2.05) is 12.3 Å². The second-order valence-corrected chi connectivity index (χ2v) is 3.98. The van der Waals surface area contributed by atoms with Gasteiger partial charge in [-0.25, -0.2) is 0 Å². The SMILES string of the molecule is CCC(C)N(C)/C=C(/C)c1cccnc1. The molecule has 0 saturated heterocycles. The Morgan fingerprint density at radius 1 is 1.60 bits per heavy atom. The van der Waals surface area contributed by atoms with Crippen molar-refractivity contribution >= 4 is 5.57 Å². The number of nitrogens with zero attached hydrogens (tertiary/aromatic N) is 2. The molecule has 0 aliphatic heterocycles. The highest BCUT2D eigenvalue weighted by atomic mass is 15.1. The average Bonchev–Trinajstić information content (AvgIpc) is 2.29. The van der Waals surface area contributed by atoms with Crippen LogP contribution in [-0.4, -0.2) is 23.0 Å². The van der Waals surface area contributed by atoms with Crippen molar-refractivity contribution < 1.29 is 0 Å². The number of aromatic nitrogens is 1. The molecule has 2 heteroatoms. The molecule has 0 fully saturated rings. The standard InChI is InChI=1S/C13H20N2/c1-5-12(3)15(4)10-11(2)13-7-6-8-14-9-13/h6-10,12H,5H2,1-4H3/b11-10-. The smallest absolute Gasteiger partial charge is 0.0343 e. The summed E-state index contributed by atoms with van der Waals surface area (Å²) < 4.78 is 0. The van der Waals surface area contributed by atoms with Crippen molar-refractivity contribution in [2.75, 3.05) is 7.05 Å². The van der Waals surface area contributed by atoms with Gasteiger partial charge in [-0.05, 0) is 37.5 Å². The Labute approximate surface area is 92.6 Å². The molecule has 0 bridgehead atoms. The van der Waals surface area contributed by atoms with Gasteiger partial charge < -0.3 is 4.90 Å². The van der Waals surface area contributed by atoms with Crippen LogP contribution in [-0.2, 0) is 0 Å². The molecule has 2 nitrogen and oxygen atoms in total. The Morgan fingerprint density at radius 3 is 2.87 bits per heavy atom. The molecule has 0 spiro atoms. The Hall–Kier alpha value is -1.31. The molecule has 0 aromatic carbocycles. The molecule has 0 N–H and O–H groups in total. The molecule has 1 atom stereocenters. The zero-order valence-corrected chi connectivity index (χ0v) is 10.1. The van der Waals surface area contributed by atoms with E-state index in [2.05, 4.69) is 50.0 Å². The van der Waals surface area contributed by atoms with E-state index in [0.717, 1.165) is 6.42 Å².